The molecule has 3 nitrogen and oxygen atoms in total. The van der Waals surface area contributed by atoms with Gasteiger partial charge in [0.15, 0.2) is 0 Å². The van der Waals surface area contributed by atoms with Crippen LogP contribution in [0.15, 0.2) is 12.5 Å². The van der Waals surface area contributed by atoms with Gasteiger partial charge < -0.3 is 9.67 Å². The first-order valence-electron chi connectivity index (χ1n) is 5.15. The number of aromatic nitrogens is 2. The normalized spacial score (nSPS) is 14.4. The molecule has 0 spiro atoms. The largest absolute Gasteiger partial charge is 0.386 e. The number of hydrogen-bond donors (Lipinski definition) is 1. The van der Waals surface area contributed by atoms with Crippen LogP contribution in [0.1, 0.15) is 45.9 Å². The number of aliphatic hydroxyl groups is 1. The minimum absolute atomic E-state index is 0.133. The molecule has 0 aromatic carbocycles. The van der Waals surface area contributed by atoms with Crippen LogP contribution in [-0.2, 0) is 6.54 Å². The summed E-state index contributed by atoms with van der Waals surface area (Å²) < 4.78 is 2.02. The Hall–Kier alpha value is -0.830. The molecule has 14 heavy (non-hydrogen) atoms. The SMILES string of the molecule is CCCn1cncc1C(O)C(C)(C)C. The summed E-state index contributed by atoms with van der Waals surface area (Å²) in [5, 5.41) is 10.1. The van der Waals surface area contributed by atoms with Crippen LogP contribution in [-0.4, -0.2) is 14.7 Å². The summed E-state index contributed by atoms with van der Waals surface area (Å²) in [5.74, 6) is 0. The van der Waals surface area contributed by atoms with Gasteiger partial charge in [-0.05, 0) is 11.8 Å². The van der Waals surface area contributed by atoms with Gasteiger partial charge >= 0.3 is 0 Å². The number of nitrogens with zero attached hydrogens (tertiary/aromatic N) is 2. The molecule has 1 rings (SSSR count). The van der Waals surface area contributed by atoms with Crippen molar-refractivity contribution in [3.63, 3.8) is 0 Å². The predicted octanol–water partition coefficient (Wildman–Crippen LogP) is 2.37. The fourth-order valence-corrected chi connectivity index (χ4v) is 1.43. The van der Waals surface area contributed by atoms with Gasteiger partial charge in [-0.1, -0.05) is 27.7 Å². The molecule has 1 aromatic rings. The molecule has 1 atom stereocenters. The van der Waals surface area contributed by atoms with E-state index in [1.54, 1.807) is 12.5 Å². The maximum atomic E-state index is 10.1. The van der Waals surface area contributed by atoms with E-state index in [0.717, 1.165) is 18.7 Å². The molecular formula is C11H20N2O. The van der Waals surface area contributed by atoms with Gasteiger partial charge in [0.05, 0.1) is 18.2 Å². The molecule has 3 heteroatoms. The molecule has 0 bridgehead atoms. The number of imidazole rings is 1. The van der Waals surface area contributed by atoms with Crippen LogP contribution >= 0.6 is 0 Å². The summed E-state index contributed by atoms with van der Waals surface area (Å²) in [6.07, 6.45) is 4.15. The van der Waals surface area contributed by atoms with Crippen molar-refractivity contribution < 1.29 is 5.11 Å². The van der Waals surface area contributed by atoms with E-state index in [1.807, 2.05) is 25.3 Å². The highest BCUT2D eigenvalue weighted by Gasteiger charge is 2.26. The summed E-state index contributed by atoms with van der Waals surface area (Å²) >= 11 is 0. The fourth-order valence-electron chi connectivity index (χ4n) is 1.43. The van der Waals surface area contributed by atoms with Crippen molar-refractivity contribution in [1.82, 2.24) is 9.55 Å². The van der Waals surface area contributed by atoms with E-state index in [1.165, 1.54) is 0 Å². The van der Waals surface area contributed by atoms with Gasteiger partial charge in [0.2, 0.25) is 0 Å². The van der Waals surface area contributed by atoms with E-state index in [2.05, 4.69) is 11.9 Å². The van der Waals surface area contributed by atoms with Crippen LogP contribution in [0.2, 0.25) is 0 Å². The first-order chi connectivity index (χ1) is 6.46. The second kappa shape index (κ2) is 4.13. The van der Waals surface area contributed by atoms with Gasteiger partial charge in [-0.3, -0.25) is 0 Å². The lowest BCUT2D eigenvalue weighted by Crippen LogP contribution is -2.20. The average molecular weight is 196 g/mol. The average Bonchev–Trinajstić information content (AvgIpc) is 2.50. The first kappa shape index (κ1) is 11.2. The Morgan fingerprint density at radius 1 is 1.50 bits per heavy atom. The Morgan fingerprint density at radius 2 is 2.14 bits per heavy atom. The summed E-state index contributed by atoms with van der Waals surface area (Å²) in [4.78, 5) is 4.08. The van der Waals surface area contributed by atoms with Crippen molar-refractivity contribution in [1.29, 1.82) is 0 Å². The molecule has 1 N–H and O–H groups in total. The second-order valence-corrected chi connectivity index (χ2v) is 4.78. The van der Waals surface area contributed by atoms with Gasteiger partial charge in [-0.2, -0.15) is 0 Å². The number of aryl methyl sites for hydroxylation is 1. The zero-order chi connectivity index (χ0) is 10.8. The molecule has 0 aliphatic carbocycles. The Morgan fingerprint density at radius 3 is 2.64 bits per heavy atom. The van der Waals surface area contributed by atoms with E-state index in [9.17, 15) is 5.11 Å². The van der Waals surface area contributed by atoms with E-state index >= 15 is 0 Å². The predicted molar refractivity (Wildman–Crippen MR) is 56.9 cm³/mol. The van der Waals surface area contributed by atoms with Crippen molar-refractivity contribution in [2.24, 2.45) is 5.41 Å². The topological polar surface area (TPSA) is 38.0 Å². The maximum Gasteiger partial charge on any atom is 0.100 e. The Labute approximate surface area is 85.8 Å². The van der Waals surface area contributed by atoms with E-state index in [4.69, 9.17) is 0 Å². The molecule has 1 heterocycles. The van der Waals surface area contributed by atoms with E-state index < -0.39 is 6.10 Å². The van der Waals surface area contributed by atoms with Crippen molar-refractivity contribution >= 4 is 0 Å². The third kappa shape index (κ3) is 2.35. The van der Waals surface area contributed by atoms with Gasteiger partial charge in [0, 0.05) is 6.54 Å². The van der Waals surface area contributed by atoms with Crippen molar-refractivity contribution in [3.8, 4) is 0 Å². The fraction of sp³-hybridized carbons (Fsp3) is 0.727. The summed E-state index contributed by atoms with van der Waals surface area (Å²) in [6.45, 7) is 9.12. The highest BCUT2D eigenvalue weighted by atomic mass is 16.3. The van der Waals surface area contributed by atoms with Crippen LogP contribution in [0, 0.1) is 5.41 Å². The quantitative estimate of drug-likeness (QED) is 0.806. The molecule has 0 saturated heterocycles. The Kier molecular flexibility index (Phi) is 3.32. The van der Waals surface area contributed by atoms with Gasteiger partial charge in [0.25, 0.3) is 0 Å². The van der Waals surface area contributed by atoms with E-state index in [0.29, 0.717) is 0 Å². The van der Waals surface area contributed by atoms with Crippen LogP contribution in [0.3, 0.4) is 0 Å². The summed E-state index contributed by atoms with van der Waals surface area (Å²) in [5.41, 5.74) is 0.783. The zero-order valence-electron chi connectivity index (χ0n) is 9.49. The van der Waals surface area contributed by atoms with Crippen LogP contribution in [0.4, 0.5) is 0 Å². The lowest BCUT2D eigenvalue weighted by molar-refractivity contribution is 0.0556. The smallest absolute Gasteiger partial charge is 0.100 e. The third-order valence-corrected chi connectivity index (χ3v) is 2.31. The highest BCUT2D eigenvalue weighted by molar-refractivity contribution is 5.05. The highest BCUT2D eigenvalue weighted by Crippen LogP contribution is 2.32. The molecule has 0 aliphatic rings. The first-order valence-corrected chi connectivity index (χ1v) is 5.15. The standard InChI is InChI=1S/C11H20N2O/c1-5-6-13-8-12-7-9(13)10(14)11(2,3)4/h7-8,10,14H,5-6H2,1-4H3. The second-order valence-electron chi connectivity index (χ2n) is 4.78. The molecule has 1 unspecified atom stereocenters. The Bertz CT molecular complexity index is 286. The monoisotopic (exact) mass is 196 g/mol. The molecule has 0 fully saturated rings. The summed E-state index contributed by atoms with van der Waals surface area (Å²) in [6, 6.07) is 0. The van der Waals surface area contributed by atoms with Crippen LogP contribution < -0.4 is 0 Å². The van der Waals surface area contributed by atoms with Gasteiger partial charge in [0.1, 0.15) is 6.10 Å². The number of aliphatic hydroxyl groups excluding tert-OH is 1. The Balaban J connectivity index is 2.89. The van der Waals surface area contributed by atoms with Gasteiger partial charge in [-0.25, -0.2) is 4.98 Å². The van der Waals surface area contributed by atoms with Crippen molar-refractivity contribution in [2.75, 3.05) is 0 Å². The van der Waals surface area contributed by atoms with Crippen LogP contribution in [0.5, 0.6) is 0 Å². The van der Waals surface area contributed by atoms with E-state index in [-0.39, 0.29) is 5.41 Å². The molecule has 0 radical (unpaired) electrons. The van der Waals surface area contributed by atoms with Crippen molar-refractivity contribution in [2.45, 2.75) is 46.8 Å². The number of hydrogen-bond acceptors (Lipinski definition) is 2. The van der Waals surface area contributed by atoms with Crippen molar-refractivity contribution in [3.05, 3.63) is 18.2 Å². The summed E-state index contributed by atoms with van der Waals surface area (Å²) in [7, 11) is 0. The minimum atomic E-state index is -0.448. The number of rotatable bonds is 3. The molecule has 0 aliphatic heterocycles. The lowest BCUT2D eigenvalue weighted by atomic mass is 9.87. The van der Waals surface area contributed by atoms with Gasteiger partial charge in [-0.15, -0.1) is 0 Å². The third-order valence-electron chi connectivity index (χ3n) is 2.31. The lowest BCUT2D eigenvalue weighted by Gasteiger charge is -2.26. The van der Waals surface area contributed by atoms with Crippen LogP contribution in [0.25, 0.3) is 0 Å². The molecule has 0 saturated carbocycles. The maximum absolute atomic E-state index is 10.1. The zero-order valence-corrected chi connectivity index (χ0v) is 9.49. The molecule has 80 valence electrons. The molecule has 0 amide bonds. The molecule has 1 aromatic heterocycles. The molecular weight excluding hydrogens is 176 g/mol. The minimum Gasteiger partial charge on any atom is -0.386 e.